The third-order valence-electron chi connectivity index (χ3n) is 2.46. The molecule has 0 saturated carbocycles. The van der Waals surface area contributed by atoms with Gasteiger partial charge in [0, 0.05) is 13.1 Å². The summed E-state index contributed by atoms with van der Waals surface area (Å²) < 4.78 is 15.5. The minimum atomic E-state index is -0.651. The van der Waals surface area contributed by atoms with Crippen molar-refractivity contribution in [3.05, 3.63) is 22.6 Å². The number of rotatable bonds is 3. The largest absolute Gasteiger partial charge is 0.450 e. The molecule has 98 valence electrons. The summed E-state index contributed by atoms with van der Waals surface area (Å²) in [6.07, 6.45) is 0. The zero-order valence-electron chi connectivity index (χ0n) is 9.56. The Balaban J connectivity index is 1.80. The molecule has 2 heterocycles. The van der Waals surface area contributed by atoms with Crippen LogP contribution in [0.1, 0.15) is 10.6 Å². The summed E-state index contributed by atoms with van der Waals surface area (Å²) in [5.74, 6) is -0.809. The zero-order valence-corrected chi connectivity index (χ0v) is 11.1. The lowest BCUT2D eigenvalue weighted by atomic mass is 10.4. The number of carbonyl (C=O) groups is 2. The van der Waals surface area contributed by atoms with Gasteiger partial charge in [-0.2, -0.15) is 0 Å². The van der Waals surface area contributed by atoms with Gasteiger partial charge in [0.2, 0.25) is 5.76 Å². The van der Waals surface area contributed by atoms with E-state index in [0.717, 1.165) is 0 Å². The van der Waals surface area contributed by atoms with Gasteiger partial charge in [-0.15, -0.1) is 0 Å². The molecule has 0 atom stereocenters. The maximum absolute atomic E-state index is 11.7. The fraction of sp³-hybridized carbons (Fsp3) is 0.455. The number of morpholine rings is 1. The van der Waals surface area contributed by atoms with Gasteiger partial charge in [-0.25, -0.2) is 4.79 Å². The van der Waals surface area contributed by atoms with Crippen molar-refractivity contribution < 1.29 is 23.5 Å². The minimum absolute atomic E-state index is 0.0663. The average molecular weight is 318 g/mol. The van der Waals surface area contributed by atoms with Gasteiger partial charge in [-0.05, 0) is 28.1 Å². The molecule has 0 aromatic carbocycles. The van der Waals surface area contributed by atoms with Crippen molar-refractivity contribution >= 4 is 27.8 Å². The van der Waals surface area contributed by atoms with Crippen molar-refractivity contribution in [3.63, 3.8) is 0 Å². The summed E-state index contributed by atoms with van der Waals surface area (Å²) in [6.45, 7) is 1.82. The van der Waals surface area contributed by atoms with Crippen LogP contribution >= 0.6 is 15.9 Å². The number of esters is 1. The van der Waals surface area contributed by atoms with Crippen LogP contribution in [0, 0.1) is 0 Å². The first-order chi connectivity index (χ1) is 8.66. The van der Waals surface area contributed by atoms with E-state index in [1.165, 1.54) is 6.07 Å². The molecule has 0 aliphatic carbocycles. The Kier molecular flexibility index (Phi) is 4.38. The van der Waals surface area contributed by atoms with Crippen LogP contribution in [0.2, 0.25) is 0 Å². The van der Waals surface area contributed by atoms with Crippen LogP contribution in [0.25, 0.3) is 0 Å². The van der Waals surface area contributed by atoms with Gasteiger partial charge in [0.1, 0.15) is 0 Å². The number of amides is 1. The van der Waals surface area contributed by atoms with Crippen LogP contribution in [0.5, 0.6) is 0 Å². The molecule has 1 aliphatic heterocycles. The van der Waals surface area contributed by atoms with Crippen LogP contribution in [0.3, 0.4) is 0 Å². The first-order valence-electron chi connectivity index (χ1n) is 5.45. The molecule has 0 spiro atoms. The van der Waals surface area contributed by atoms with E-state index in [1.54, 1.807) is 11.0 Å². The van der Waals surface area contributed by atoms with Gasteiger partial charge < -0.3 is 18.8 Å². The average Bonchev–Trinajstić information content (AvgIpc) is 2.83. The van der Waals surface area contributed by atoms with Gasteiger partial charge in [0.15, 0.2) is 11.3 Å². The molecular formula is C11H12BrNO5. The molecule has 1 saturated heterocycles. The summed E-state index contributed by atoms with van der Waals surface area (Å²) in [5.41, 5.74) is 0. The maximum Gasteiger partial charge on any atom is 0.374 e. The van der Waals surface area contributed by atoms with Gasteiger partial charge in [0.25, 0.3) is 5.91 Å². The topological polar surface area (TPSA) is 69.0 Å². The number of nitrogens with zero attached hydrogens (tertiary/aromatic N) is 1. The molecule has 2 rings (SSSR count). The SMILES string of the molecule is O=C(OCC(=O)N1CCOCC1)c1ccc(Br)o1. The second-order valence-electron chi connectivity index (χ2n) is 3.67. The summed E-state index contributed by atoms with van der Waals surface area (Å²) >= 11 is 3.08. The third kappa shape index (κ3) is 3.33. The van der Waals surface area contributed by atoms with Crippen LogP contribution in [0.4, 0.5) is 0 Å². The second-order valence-corrected chi connectivity index (χ2v) is 4.45. The van der Waals surface area contributed by atoms with Crippen LogP contribution < -0.4 is 0 Å². The maximum atomic E-state index is 11.7. The lowest BCUT2D eigenvalue weighted by Gasteiger charge is -2.26. The second kappa shape index (κ2) is 6.01. The van der Waals surface area contributed by atoms with Crippen molar-refractivity contribution in [3.8, 4) is 0 Å². The van der Waals surface area contributed by atoms with E-state index in [1.807, 2.05) is 0 Å². The third-order valence-corrected chi connectivity index (χ3v) is 2.89. The Morgan fingerprint density at radius 1 is 1.33 bits per heavy atom. The molecule has 1 aromatic rings. The number of hydrogen-bond acceptors (Lipinski definition) is 5. The molecule has 0 N–H and O–H groups in total. The number of halogens is 1. The fourth-order valence-electron chi connectivity index (χ4n) is 1.53. The molecule has 6 nitrogen and oxygen atoms in total. The van der Waals surface area contributed by atoms with Crippen LogP contribution in [0.15, 0.2) is 21.2 Å². The minimum Gasteiger partial charge on any atom is -0.450 e. The summed E-state index contributed by atoms with van der Waals surface area (Å²) in [4.78, 5) is 24.8. The molecule has 1 fully saturated rings. The molecule has 0 unspecified atom stereocenters. The Hall–Kier alpha value is -1.34. The van der Waals surface area contributed by atoms with E-state index >= 15 is 0 Å². The van der Waals surface area contributed by atoms with E-state index in [-0.39, 0.29) is 18.3 Å². The van der Waals surface area contributed by atoms with E-state index in [2.05, 4.69) is 15.9 Å². The predicted octanol–water partition coefficient (Wildman–Crippen LogP) is 1.06. The molecule has 0 radical (unpaired) electrons. The lowest BCUT2D eigenvalue weighted by Crippen LogP contribution is -2.42. The van der Waals surface area contributed by atoms with Crippen molar-refractivity contribution in [1.82, 2.24) is 4.90 Å². The smallest absolute Gasteiger partial charge is 0.374 e. The fourth-order valence-corrected chi connectivity index (χ4v) is 1.83. The lowest BCUT2D eigenvalue weighted by molar-refractivity contribution is -0.138. The zero-order chi connectivity index (χ0) is 13.0. The van der Waals surface area contributed by atoms with Gasteiger partial charge in [-0.1, -0.05) is 0 Å². The molecule has 7 heteroatoms. The van der Waals surface area contributed by atoms with Crippen molar-refractivity contribution in [2.75, 3.05) is 32.9 Å². The first-order valence-corrected chi connectivity index (χ1v) is 6.24. The van der Waals surface area contributed by atoms with E-state index in [4.69, 9.17) is 13.9 Å². The Bertz CT molecular complexity index is 438. The molecule has 1 aliphatic rings. The van der Waals surface area contributed by atoms with E-state index in [9.17, 15) is 9.59 Å². The predicted molar refractivity (Wildman–Crippen MR) is 64.1 cm³/mol. The van der Waals surface area contributed by atoms with Crippen LogP contribution in [-0.2, 0) is 14.3 Å². The first kappa shape index (κ1) is 13.1. The molecule has 1 aromatic heterocycles. The van der Waals surface area contributed by atoms with Gasteiger partial charge in [-0.3, -0.25) is 4.79 Å². The Morgan fingerprint density at radius 3 is 2.67 bits per heavy atom. The van der Waals surface area contributed by atoms with Crippen LogP contribution in [-0.4, -0.2) is 49.7 Å². The molecule has 18 heavy (non-hydrogen) atoms. The normalized spacial score (nSPS) is 15.5. The quantitative estimate of drug-likeness (QED) is 0.780. The highest BCUT2D eigenvalue weighted by Crippen LogP contribution is 2.14. The number of carbonyl (C=O) groups excluding carboxylic acids is 2. The summed E-state index contributed by atoms with van der Waals surface area (Å²) in [7, 11) is 0. The summed E-state index contributed by atoms with van der Waals surface area (Å²) in [6, 6.07) is 3.06. The Morgan fingerprint density at radius 2 is 2.06 bits per heavy atom. The van der Waals surface area contributed by atoms with Crippen molar-refractivity contribution in [2.24, 2.45) is 0 Å². The number of ether oxygens (including phenoxy) is 2. The monoisotopic (exact) mass is 317 g/mol. The molecule has 1 amide bonds. The highest BCUT2D eigenvalue weighted by Gasteiger charge is 2.19. The van der Waals surface area contributed by atoms with Gasteiger partial charge >= 0.3 is 5.97 Å². The van der Waals surface area contributed by atoms with E-state index < -0.39 is 5.97 Å². The van der Waals surface area contributed by atoms with E-state index in [0.29, 0.717) is 31.0 Å². The Labute approximate surface area is 112 Å². The highest BCUT2D eigenvalue weighted by molar-refractivity contribution is 9.10. The van der Waals surface area contributed by atoms with Gasteiger partial charge in [0.05, 0.1) is 13.2 Å². The van der Waals surface area contributed by atoms with Crippen molar-refractivity contribution in [1.29, 1.82) is 0 Å². The number of furan rings is 1. The highest BCUT2D eigenvalue weighted by atomic mass is 79.9. The molecular weight excluding hydrogens is 306 g/mol. The molecule has 0 bridgehead atoms. The standard InChI is InChI=1S/C11H12BrNO5/c12-9-2-1-8(18-9)11(15)17-7-10(14)13-3-5-16-6-4-13/h1-2H,3-7H2. The number of hydrogen-bond donors (Lipinski definition) is 0. The summed E-state index contributed by atoms with van der Waals surface area (Å²) in [5, 5.41) is 0. The van der Waals surface area contributed by atoms with Crippen molar-refractivity contribution in [2.45, 2.75) is 0 Å².